The molecule has 2 aromatic rings. The fourth-order valence-corrected chi connectivity index (χ4v) is 2.63. The van der Waals surface area contributed by atoms with E-state index in [0.717, 1.165) is 0 Å². The molecule has 138 valence electrons. The maximum Gasteiger partial charge on any atom is 0.387 e. The number of fused-ring (bicyclic) bond motifs is 3. The molecule has 0 spiro atoms. The molecule has 0 bridgehead atoms. The number of rotatable bonds is 4. The second-order valence-electron chi connectivity index (χ2n) is 5.85. The normalized spacial score (nSPS) is 14.3. The van der Waals surface area contributed by atoms with Gasteiger partial charge in [0.15, 0.2) is 5.84 Å². The number of aromatic nitrogens is 2. The molecule has 0 amide bonds. The van der Waals surface area contributed by atoms with E-state index in [1.807, 2.05) is 24.6 Å². The Morgan fingerprint density at radius 3 is 2.92 bits per heavy atom. The lowest BCUT2D eigenvalue weighted by molar-refractivity contribution is -0.0499. The van der Waals surface area contributed by atoms with E-state index >= 15 is 0 Å². The molecule has 0 aliphatic carbocycles. The van der Waals surface area contributed by atoms with E-state index in [0.29, 0.717) is 41.8 Å². The second kappa shape index (κ2) is 7.51. The van der Waals surface area contributed by atoms with Crippen LogP contribution in [-0.4, -0.2) is 41.0 Å². The van der Waals surface area contributed by atoms with Crippen LogP contribution in [0.4, 0.5) is 8.78 Å². The van der Waals surface area contributed by atoms with Gasteiger partial charge < -0.3 is 19.8 Å². The van der Waals surface area contributed by atoms with Crippen LogP contribution >= 0.6 is 0 Å². The van der Waals surface area contributed by atoms with Gasteiger partial charge in [-0.05, 0) is 26.0 Å². The minimum absolute atomic E-state index is 0.0277. The summed E-state index contributed by atoms with van der Waals surface area (Å²) in [5.41, 5.74) is 6.68. The molecule has 2 heterocycles. The lowest BCUT2D eigenvalue weighted by atomic mass is 10.2. The topological polar surface area (TPSA) is 87.0 Å². The first-order chi connectivity index (χ1) is 12.5. The van der Waals surface area contributed by atoms with E-state index in [1.165, 1.54) is 18.5 Å². The van der Waals surface area contributed by atoms with Crippen LogP contribution in [0.3, 0.4) is 0 Å². The van der Waals surface area contributed by atoms with Gasteiger partial charge in [0, 0.05) is 18.3 Å². The molecule has 26 heavy (non-hydrogen) atoms. The van der Waals surface area contributed by atoms with Crippen molar-refractivity contribution in [2.24, 2.45) is 15.7 Å². The largest absolute Gasteiger partial charge is 0.491 e. The third kappa shape index (κ3) is 3.81. The molecule has 0 radical (unpaired) electrons. The van der Waals surface area contributed by atoms with Crippen molar-refractivity contribution in [2.75, 3.05) is 6.61 Å². The second-order valence-corrected chi connectivity index (χ2v) is 5.85. The molecular weight excluding hydrogens is 344 g/mol. The number of halogens is 2. The van der Waals surface area contributed by atoms with Crippen LogP contribution in [0.15, 0.2) is 34.4 Å². The molecule has 9 heteroatoms. The Morgan fingerprint density at radius 2 is 2.23 bits per heavy atom. The number of nitrogens with two attached hydrogens (primary N) is 1. The highest BCUT2D eigenvalue weighted by Gasteiger charge is 2.21. The van der Waals surface area contributed by atoms with E-state index in [4.69, 9.17) is 10.5 Å². The van der Waals surface area contributed by atoms with Gasteiger partial charge in [-0.25, -0.2) is 9.98 Å². The number of benzene rings is 1. The first kappa shape index (κ1) is 17.8. The van der Waals surface area contributed by atoms with Crippen LogP contribution in [0.2, 0.25) is 0 Å². The van der Waals surface area contributed by atoms with Gasteiger partial charge in [0.2, 0.25) is 0 Å². The lowest BCUT2D eigenvalue weighted by Crippen LogP contribution is -2.07. The van der Waals surface area contributed by atoms with E-state index in [2.05, 4.69) is 19.7 Å². The summed E-state index contributed by atoms with van der Waals surface area (Å²) < 4.78 is 36.9. The van der Waals surface area contributed by atoms with Crippen molar-refractivity contribution >= 4 is 12.2 Å². The number of hydrogen-bond acceptors (Lipinski definition) is 4. The summed E-state index contributed by atoms with van der Waals surface area (Å²) >= 11 is 0. The number of alkyl halides is 2. The quantitative estimate of drug-likeness (QED) is 0.668. The number of hydrogen-bond donors (Lipinski definition) is 1. The molecule has 1 aromatic carbocycles. The maximum absolute atomic E-state index is 12.4. The Labute approximate surface area is 149 Å². The van der Waals surface area contributed by atoms with Crippen LogP contribution in [0, 0.1) is 0 Å². The Bertz CT molecular complexity index is 846. The average Bonchev–Trinajstić information content (AvgIpc) is 2.90. The molecular formula is C17H19F2N5O2. The molecule has 1 aliphatic rings. The highest BCUT2D eigenvalue weighted by molar-refractivity contribution is 6.01. The molecule has 0 atom stereocenters. The zero-order chi connectivity index (χ0) is 18.7. The molecule has 1 aromatic heterocycles. The van der Waals surface area contributed by atoms with E-state index in [1.54, 1.807) is 6.07 Å². The molecule has 0 fully saturated rings. The molecule has 7 nitrogen and oxygen atoms in total. The molecule has 0 saturated heterocycles. The van der Waals surface area contributed by atoms with Crippen molar-refractivity contribution in [3.05, 3.63) is 30.1 Å². The predicted molar refractivity (Wildman–Crippen MR) is 94.1 cm³/mol. The molecule has 2 N–H and O–H groups in total. The first-order valence-corrected chi connectivity index (χ1v) is 8.09. The van der Waals surface area contributed by atoms with Crippen molar-refractivity contribution in [3.63, 3.8) is 0 Å². The van der Waals surface area contributed by atoms with Gasteiger partial charge in [-0.15, -0.1) is 0 Å². The Balaban J connectivity index is 2.03. The van der Waals surface area contributed by atoms with Gasteiger partial charge >= 0.3 is 6.61 Å². The smallest absolute Gasteiger partial charge is 0.387 e. The van der Waals surface area contributed by atoms with Gasteiger partial charge in [-0.1, -0.05) is 0 Å². The van der Waals surface area contributed by atoms with Gasteiger partial charge in [0.1, 0.15) is 29.6 Å². The monoisotopic (exact) mass is 363 g/mol. The van der Waals surface area contributed by atoms with Crippen molar-refractivity contribution in [1.82, 2.24) is 9.55 Å². The van der Waals surface area contributed by atoms with Gasteiger partial charge in [-0.2, -0.15) is 8.78 Å². The first-order valence-electron chi connectivity index (χ1n) is 8.09. The van der Waals surface area contributed by atoms with E-state index in [-0.39, 0.29) is 11.8 Å². The molecule has 3 rings (SSSR count). The summed E-state index contributed by atoms with van der Waals surface area (Å²) in [5.74, 6) is 1.54. The minimum atomic E-state index is -2.89. The number of ether oxygens (including phenoxy) is 2. The standard InChI is InChI=1S/C17H19F2N5O2/c1-10(2)22-15(21-9-20)13-8-24-5-6-25-14-7-11(26-17(18)19)3-4-12(14)16(24)23-13/h3-4,7-10,17H,5-6H2,1-2H3,(H2,20,21,22). The minimum Gasteiger partial charge on any atom is -0.491 e. The predicted octanol–water partition coefficient (Wildman–Crippen LogP) is 2.69. The van der Waals surface area contributed by atoms with E-state index < -0.39 is 6.61 Å². The van der Waals surface area contributed by atoms with Gasteiger partial charge in [0.05, 0.1) is 18.4 Å². The zero-order valence-corrected chi connectivity index (χ0v) is 14.4. The third-order valence-electron chi connectivity index (χ3n) is 3.59. The fourth-order valence-electron chi connectivity index (χ4n) is 2.63. The van der Waals surface area contributed by atoms with E-state index in [9.17, 15) is 8.78 Å². The number of nitrogens with zero attached hydrogens (tertiary/aromatic N) is 4. The number of imidazole rings is 1. The summed E-state index contributed by atoms with van der Waals surface area (Å²) in [6, 6.07) is 4.57. The van der Waals surface area contributed by atoms with Crippen molar-refractivity contribution in [1.29, 1.82) is 0 Å². The van der Waals surface area contributed by atoms with Crippen LogP contribution in [-0.2, 0) is 6.54 Å². The molecule has 0 unspecified atom stereocenters. The summed E-state index contributed by atoms with van der Waals surface area (Å²) in [7, 11) is 0. The SMILES string of the molecule is CC(C)N=C(N=CN)c1cn2c(n1)-c1ccc(OC(F)F)cc1OCC2. The summed E-state index contributed by atoms with van der Waals surface area (Å²) in [6.45, 7) is 1.88. The summed E-state index contributed by atoms with van der Waals surface area (Å²) in [5, 5.41) is 0. The Morgan fingerprint density at radius 1 is 1.42 bits per heavy atom. The third-order valence-corrected chi connectivity index (χ3v) is 3.59. The van der Waals surface area contributed by atoms with Gasteiger partial charge in [-0.3, -0.25) is 4.99 Å². The highest BCUT2D eigenvalue weighted by Crippen LogP contribution is 2.35. The van der Waals surface area contributed by atoms with Gasteiger partial charge in [0.25, 0.3) is 0 Å². The number of aliphatic imine (C=N–C) groups is 2. The maximum atomic E-state index is 12.4. The van der Waals surface area contributed by atoms with Crippen LogP contribution in [0.25, 0.3) is 11.4 Å². The number of amidine groups is 1. The molecule has 1 aliphatic heterocycles. The zero-order valence-electron chi connectivity index (χ0n) is 14.4. The van der Waals surface area contributed by atoms with Crippen LogP contribution in [0.1, 0.15) is 19.5 Å². The van der Waals surface area contributed by atoms with Crippen LogP contribution < -0.4 is 15.2 Å². The van der Waals surface area contributed by atoms with Crippen LogP contribution in [0.5, 0.6) is 11.5 Å². The van der Waals surface area contributed by atoms with Crippen molar-refractivity contribution < 1.29 is 18.3 Å². The Kier molecular flexibility index (Phi) is 5.15. The average molecular weight is 363 g/mol. The van der Waals surface area contributed by atoms with Crippen molar-refractivity contribution in [2.45, 2.75) is 33.0 Å². The lowest BCUT2D eigenvalue weighted by Gasteiger charge is -2.09. The summed E-state index contributed by atoms with van der Waals surface area (Å²) in [4.78, 5) is 13.1. The fraction of sp³-hybridized carbons (Fsp3) is 0.353. The molecule has 0 saturated carbocycles. The highest BCUT2D eigenvalue weighted by atomic mass is 19.3. The Hall–Kier alpha value is -2.97. The summed E-state index contributed by atoms with van der Waals surface area (Å²) in [6.07, 6.45) is 3.00. The van der Waals surface area contributed by atoms with Crippen molar-refractivity contribution in [3.8, 4) is 22.9 Å².